The first-order valence-corrected chi connectivity index (χ1v) is 8.47. The summed E-state index contributed by atoms with van der Waals surface area (Å²) in [6, 6.07) is 0. The lowest BCUT2D eigenvalue weighted by Crippen LogP contribution is -2.46. The largest absolute Gasteiger partial charge is 0.469 e. The first kappa shape index (κ1) is 23.5. The fraction of sp³-hybridized carbons (Fsp3) is 0.688. The zero-order valence-electron chi connectivity index (χ0n) is 15.5. The molecule has 1 aliphatic heterocycles. The van der Waals surface area contributed by atoms with Gasteiger partial charge in [-0.05, 0) is 19.8 Å². The standard InChI is InChI=1S/C16H24F3N5O2.HI/c1-4-20-15(24-7-5-11(6-8-24)14(25)26-3)21-9-12-10-23(2)22-13(12)16(17,18)19;/h10-11H,4-9H2,1-3H3,(H,20,21);1H. The average Bonchev–Trinajstić information content (AvgIpc) is 2.99. The highest BCUT2D eigenvalue weighted by Gasteiger charge is 2.37. The number of methoxy groups -OCH3 is 1. The lowest BCUT2D eigenvalue weighted by Gasteiger charge is -2.33. The van der Waals surface area contributed by atoms with Gasteiger partial charge >= 0.3 is 12.1 Å². The molecule has 1 aromatic rings. The molecule has 0 atom stereocenters. The summed E-state index contributed by atoms with van der Waals surface area (Å²) in [5.41, 5.74) is -0.885. The van der Waals surface area contributed by atoms with Gasteiger partial charge in [0.1, 0.15) is 0 Å². The number of nitrogens with one attached hydrogen (secondary N) is 1. The van der Waals surface area contributed by atoms with Gasteiger partial charge in [0.25, 0.3) is 0 Å². The van der Waals surface area contributed by atoms with Crippen LogP contribution in [0.15, 0.2) is 11.2 Å². The smallest absolute Gasteiger partial charge is 0.435 e. The second-order valence-corrected chi connectivity index (χ2v) is 6.13. The number of ether oxygens (including phenoxy) is 1. The van der Waals surface area contributed by atoms with Crippen LogP contribution in [0, 0.1) is 5.92 Å². The minimum atomic E-state index is -4.51. The summed E-state index contributed by atoms with van der Waals surface area (Å²) in [4.78, 5) is 17.9. The molecular formula is C16H25F3IN5O2. The van der Waals surface area contributed by atoms with E-state index < -0.39 is 11.9 Å². The van der Waals surface area contributed by atoms with Gasteiger partial charge in [-0.25, -0.2) is 4.99 Å². The molecule has 1 N–H and O–H groups in total. The van der Waals surface area contributed by atoms with Gasteiger partial charge < -0.3 is 15.0 Å². The summed E-state index contributed by atoms with van der Waals surface area (Å²) >= 11 is 0. The van der Waals surface area contributed by atoms with Gasteiger partial charge in [0.05, 0.1) is 19.6 Å². The first-order chi connectivity index (χ1) is 12.3. The topological polar surface area (TPSA) is 71.8 Å². The van der Waals surface area contributed by atoms with E-state index in [2.05, 4.69) is 15.4 Å². The van der Waals surface area contributed by atoms with E-state index in [-0.39, 0.29) is 48.0 Å². The Balaban J connectivity index is 0.00000364. The van der Waals surface area contributed by atoms with Crippen molar-refractivity contribution in [2.45, 2.75) is 32.5 Å². The van der Waals surface area contributed by atoms with Crippen LogP contribution < -0.4 is 5.32 Å². The Morgan fingerprint density at radius 3 is 2.56 bits per heavy atom. The monoisotopic (exact) mass is 503 g/mol. The predicted molar refractivity (Wildman–Crippen MR) is 105 cm³/mol. The van der Waals surface area contributed by atoms with Gasteiger partial charge in [-0.15, -0.1) is 24.0 Å². The number of likely N-dealkylation sites (tertiary alicyclic amines) is 1. The number of hydrogen-bond donors (Lipinski definition) is 1. The van der Waals surface area contributed by atoms with Crippen molar-refractivity contribution in [3.05, 3.63) is 17.5 Å². The maximum absolute atomic E-state index is 13.0. The molecule has 1 fully saturated rings. The highest BCUT2D eigenvalue weighted by Crippen LogP contribution is 2.31. The number of hydrogen-bond acceptors (Lipinski definition) is 4. The van der Waals surface area contributed by atoms with Crippen LogP contribution in [0.5, 0.6) is 0 Å². The van der Waals surface area contributed by atoms with Crippen molar-refractivity contribution in [2.75, 3.05) is 26.7 Å². The fourth-order valence-electron chi connectivity index (χ4n) is 2.97. The summed E-state index contributed by atoms with van der Waals surface area (Å²) in [7, 11) is 2.82. The molecule has 1 aliphatic rings. The summed E-state index contributed by atoms with van der Waals surface area (Å²) in [6.45, 7) is 3.54. The Morgan fingerprint density at radius 1 is 1.41 bits per heavy atom. The maximum atomic E-state index is 13.0. The molecule has 27 heavy (non-hydrogen) atoms. The highest BCUT2D eigenvalue weighted by atomic mass is 127. The van der Waals surface area contributed by atoms with E-state index in [1.54, 1.807) is 0 Å². The molecule has 154 valence electrons. The average molecular weight is 503 g/mol. The minimum absolute atomic E-state index is 0. The molecule has 2 rings (SSSR count). The van der Waals surface area contributed by atoms with Gasteiger partial charge in [0.2, 0.25) is 0 Å². The van der Waals surface area contributed by atoms with E-state index in [1.165, 1.54) is 20.4 Å². The van der Waals surface area contributed by atoms with Gasteiger partial charge in [-0.2, -0.15) is 18.3 Å². The number of aryl methyl sites for hydroxylation is 1. The summed E-state index contributed by atoms with van der Waals surface area (Å²) in [5.74, 6) is 0.166. The molecule has 2 heterocycles. The quantitative estimate of drug-likeness (QED) is 0.296. The van der Waals surface area contributed by atoms with Crippen molar-refractivity contribution < 1.29 is 22.7 Å². The van der Waals surface area contributed by atoms with E-state index >= 15 is 0 Å². The van der Waals surface area contributed by atoms with Crippen molar-refractivity contribution in [1.29, 1.82) is 0 Å². The van der Waals surface area contributed by atoms with Crippen LogP contribution in [0.2, 0.25) is 0 Å². The van der Waals surface area contributed by atoms with Crippen LogP contribution >= 0.6 is 24.0 Å². The first-order valence-electron chi connectivity index (χ1n) is 8.47. The molecule has 0 amide bonds. The molecule has 11 heteroatoms. The molecule has 7 nitrogen and oxygen atoms in total. The van der Waals surface area contributed by atoms with Crippen LogP contribution in [-0.2, 0) is 29.3 Å². The summed E-state index contributed by atoms with van der Waals surface area (Å²) in [6.07, 6.45) is -1.93. The van der Waals surface area contributed by atoms with Gasteiger partial charge in [0.15, 0.2) is 11.7 Å². The highest BCUT2D eigenvalue weighted by molar-refractivity contribution is 14.0. The Kier molecular flexibility index (Phi) is 8.82. The number of esters is 1. The van der Waals surface area contributed by atoms with E-state index in [4.69, 9.17) is 4.74 Å². The fourth-order valence-corrected chi connectivity index (χ4v) is 2.97. The SMILES string of the molecule is CCNC(=NCc1cn(C)nc1C(F)(F)F)N1CCC(C(=O)OC)CC1.I. The van der Waals surface area contributed by atoms with Crippen LogP contribution in [0.4, 0.5) is 13.2 Å². The van der Waals surface area contributed by atoms with Crippen LogP contribution in [0.1, 0.15) is 31.0 Å². The number of rotatable bonds is 4. The third-order valence-corrected chi connectivity index (χ3v) is 4.24. The number of alkyl halides is 3. The second kappa shape index (κ2) is 10.1. The zero-order chi connectivity index (χ0) is 19.3. The van der Waals surface area contributed by atoms with Crippen molar-refractivity contribution in [2.24, 2.45) is 18.0 Å². The van der Waals surface area contributed by atoms with E-state index in [0.29, 0.717) is 38.4 Å². The molecule has 0 aliphatic carbocycles. The van der Waals surface area contributed by atoms with Gasteiger partial charge in [-0.3, -0.25) is 9.48 Å². The van der Waals surface area contributed by atoms with Crippen LogP contribution in [0.25, 0.3) is 0 Å². The number of carbonyl (C=O) groups is 1. The Bertz CT molecular complexity index is 655. The lowest BCUT2D eigenvalue weighted by atomic mass is 9.97. The normalized spacial score (nSPS) is 16.1. The van der Waals surface area contributed by atoms with Crippen molar-refractivity contribution in [1.82, 2.24) is 20.0 Å². The van der Waals surface area contributed by atoms with Crippen LogP contribution in [-0.4, -0.2) is 53.4 Å². The van der Waals surface area contributed by atoms with E-state index in [0.717, 1.165) is 4.68 Å². The Labute approximate surface area is 173 Å². The maximum Gasteiger partial charge on any atom is 0.435 e. The number of aliphatic imine (C=N–C) groups is 1. The summed E-state index contributed by atoms with van der Waals surface area (Å²) in [5, 5.41) is 6.59. The third kappa shape index (κ3) is 6.25. The molecule has 0 aromatic carbocycles. The van der Waals surface area contributed by atoms with E-state index in [1.807, 2.05) is 11.8 Å². The molecule has 1 saturated heterocycles. The lowest BCUT2D eigenvalue weighted by molar-refractivity contribution is -0.146. The number of piperidine rings is 1. The second-order valence-electron chi connectivity index (χ2n) is 6.13. The van der Waals surface area contributed by atoms with Crippen molar-refractivity contribution in [3.8, 4) is 0 Å². The molecule has 0 spiro atoms. The number of nitrogens with zero attached hydrogens (tertiary/aromatic N) is 4. The minimum Gasteiger partial charge on any atom is -0.469 e. The Hall–Kier alpha value is -1.53. The zero-order valence-corrected chi connectivity index (χ0v) is 17.9. The number of aromatic nitrogens is 2. The molecule has 1 aromatic heterocycles. The predicted octanol–water partition coefficient (Wildman–Crippen LogP) is 2.41. The molecular weight excluding hydrogens is 478 g/mol. The van der Waals surface area contributed by atoms with Crippen molar-refractivity contribution >= 4 is 35.9 Å². The van der Waals surface area contributed by atoms with Crippen LogP contribution in [0.3, 0.4) is 0 Å². The third-order valence-electron chi connectivity index (χ3n) is 4.24. The molecule has 0 bridgehead atoms. The summed E-state index contributed by atoms with van der Waals surface area (Å²) < 4.78 is 45.0. The van der Waals surface area contributed by atoms with Crippen molar-refractivity contribution in [3.63, 3.8) is 0 Å². The molecule has 0 unspecified atom stereocenters. The number of guanidine groups is 1. The van der Waals surface area contributed by atoms with E-state index in [9.17, 15) is 18.0 Å². The molecule has 0 radical (unpaired) electrons. The number of halogens is 4. The van der Waals surface area contributed by atoms with Gasteiger partial charge in [-0.1, -0.05) is 0 Å². The Morgan fingerprint density at radius 2 is 2.04 bits per heavy atom. The number of carbonyl (C=O) groups excluding carboxylic acids is 1. The van der Waals surface area contributed by atoms with Gasteiger partial charge in [0, 0.05) is 38.4 Å². The molecule has 0 saturated carbocycles.